The van der Waals surface area contributed by atoms with E-state index in [1.165, 1.54) is 0 Å². The minimum atomic E-state index is -0.0135. The van der Waals surface area contributed by atoms with Gasteiger partial charge in [-0.25, -0.2) is 0 Å². The number of guanidine groups is 1. The highest BCUT2D eigenvalue weighted by molar-refractivity contribution is 14.0. The van der Waals surface area contributed by atoms with Gasteiger partial charge < -0.3 is 15.5 Å². The summed E-state index contributed by atoms with van der Waals surface area (Å²) in [6.45, 7) is 11.3. The lowest BCUT2D eigenvalue weighted by Crippen LogP contribution is -2.50. The Hall–Kier alpha value is -0.960. The average Bonchev–Trinajstić information content (AvgIpc) is 2.61. The van der Waals surface area contributed by atoms with Crippen LogP contribution in [0.4, 0.5) is 0 Å². The van der Waals surface area contributed by atoms with Crippen molar-refractivity contribution in [1.82, 2.24) is 15.5 Å². The van der Waals surface area contributed by atoms with Crippen molar-refractivity contribution in [3.05, 3.63) is 35.4 Å². The molecule has 27 heavy (non-hydrogen) atoms. The molecule has 1 saturated heterocycles. The van der Waals surface area contributed by atoms with Crippen molar-refractivity contribution in [2.75, 3.05) is 25.9 Å². The molecule has 0 saturated carbocycles. The van der Waals surface area contributed by atoms with Gasteiger partial charge in [-0.2, -0.15) is 11.8 Å². The Kier molecular flexibility index (Phi) is 9.94. The molecule has 2 rings (SSSR count). The molecule has 1 amide bonds. The number of hydrogen-bond donors (Lipinski definition) is 2. The van der Waals surface area contributed by atoms with Crippen LogP contribution in [0.5, 0.6) is 0 Å². The molecule has 0 bridgehead atoms. The molecule has 2 N–H and O–H groups in total. The van der Waals surface area contributed by atoms with Crippen LogP contribution in [0.3, 0.4) is 0 Å². The Balaban J connectivity index is 0.00000364. The normalized spacial score (nSPS) is 17.7. The zero-order valence-corrected chi connectivity index (χ0v) is 20.2. The molecule has 1 atom stereocenters. The topological polar surface area (TPSA) is 56.7 Å². The van der Waals surface area contributed by atoms with Gasteiger partial charge in [-0.3, -0.25) is 9.79 Å². The number of aliphatic imine (C=N–C) groups is 1. The molecule has 0 aliphatic carbocycles. The van der Waals surface area contributed by atoms with Crippen molar-refractivity contribution >= 4 is 47.6 Å². The number of halogens is 1. The minimum absolute atomic E-state index is 0. The van der Waals surface area contributed by atoms with Crippen LogP contribution in [-0.4, -0.2) is 53.4 Å². The Morgan fingerprint density at radius 1 is 1.41 bits per heavy atom. The third-order valence-electron chi connectivity index (χ3n) is 4.57. The summed E-state index contributed by atoms with van der Waals surface area (Å²) in [4.78, 5) is 19.1. The summed E-state index contributed by atoms with van der Waals surface area (Å²) in [5.41, 5.74) is 1.78. The molecule has 1 aliphatic rings. The number of nitrogens with one attached hydrogen (secondary N) is 2. The second-order valence-electron chi connectivity index (χ2n) is 7.41. The van der Waals surface area contributed by atoms with Gasteiger partial charge in [0.2, 0.25) is 0 Å². The predicted molar refractivity (Wildman–Crippen MR) is 127 cm³/mol. The largest absolute Gasteiger partial charge is 0.352 e. The number of hydrogen-bond acceptors (Lipinski definition) is 3. The second kappa shape index (κ2) is 11.1. The van der Waals surface area contributed by atoms with Gasteiger partial charge >= 0.3 is 0 Å². The van der Waals surface area contributed by atoms with Crippen molar-refractivity contribution in [2.45, 2.75) is 51.4 Å². The van der Waals surface area contributed by atoms with E-state index < -0.39 is 0 Å². The first-order valence-electron chi connectivity index (χ1n) is 9.34. The van der Waals surface area contributed by atoms with Gasteiger partial charge in [0.05, 0.1) is 0 Å². The van der Waals surface area contributed by atoms with E-state index >= 15 is 0 Å². The third kappa shape index (κ3) is 7.52. The van der Waals surface area contributed by atoms with E-state index in [1.807, 2.05) is 50.0 Å². The molecule has 1 heterocycles. The zero-order chi connectivity index (χ0) is 19.2. The summed E-state index contributed by atoms with van der Waals surface area (Å²) in [7, 11) is 1.83. The summed E-state index contributed by atoms with van der Waals surface area (Å²) in [6.07, 6.45) is 0.924. The van der Waals surface area contributed by atoms with Crippen molar-refractivity contribution in [3.63, 3.8) is 0 Å². The highest BCUT2D eigenvalue weighted by Crippen LogP contribution is 2.29. The number of nitrogens with zero attached hydrogens (tertiary/aromatic N) is 2. The van der Waals surface area contributed by atoms with Crippen LogP contribution >= 0.6 is 35.7 Å². The minimum Gasteiger partial charge on any atom is -0.352 e. The van der Waals surface area contributed by atoms with E-state index in [0.717, 1.165) is 36.8 Å². The van der Waals surface area contributed by atoms with Crippen LogP contribution in [0, 0.1) is 0 Å². The highest BCUT2D eigenvalue weighted by atomic mass is 127. The van der Waals surface area contributed by atoms with Crippen molar-refractivity contribution in [1.29, 1.82) is 0 Å². The fraction of sp³-hybridized carbons (Fsp3) is 0.600. The van der Waals surface area contributed by atoms with Gasteiger partial charge in [-0.05, 0) is 44.9 Å². The Morgan fingerprint density at radius 3 is 2.78 bits per heavy atom. The number of carbonyl (C=O) groups is 1. The summed E-state index contributed by atoms with van der Waals surface area (Å²) in [5, 5.41) is 6.46. The number of amides is 1. The van der Waals surface area contributed by atoms with E-state index in [1.54, 1.807) is 0 Å². The number of rotatable bonds is 5. The lowest BCUT2D eigenvalue weighted by atomic mass is 10.1. The van der Waals surface area contributed by atoms with Gasteiger partial charge in [-0.1, -0.05) is 19.1 Å². The molecule has 1 aromatic rings. The van der Waals surface area contributed by atoms with Gasteiger partial charge in [0.25, 0.3) is 5.91 Å². The fourth-order valence-electron chi connectivity index (χ4n) is 2.94. The van der Waals surface area contributed by atoms with Crippen LogP contribution in [0.2, 0.25) is 0 Å². The molecule has 152 valence electrons. The van der Waals surface area contributed by atoms with Gasteiger partial charge in [-0.15, -0.1) is 24.0 Å². The number of carbonyl (C=O) groups excluding carboxylic acids is 1. The van der Waals surface area contributed by atoms with Crippen LogP contribution in [-0.2, 0) is 6.54 Å². The summed E-state index contributed by atoms with van der Waals surface area (Å²) in [6, 6.07) is 7.97. The predicted octanol–water partition coefficient (Wildman–Crippen LogP) is 3.74. The summed E-state index contributed by atoms with van der Waals surface area (Å²) >= 11 is 2.01. The molecular weight excluding hydrogens is 471 g/mol. The standard InChI is InChI=1S/C20H32N4OS.HI/c1-6-15(2)23-18(25)17-9-7-8-16(12-17)13-22-19(21-5)24-10-11-26-20(3,4)14-24;/h7-9,12,15H,6,10-11,13-14H2,1-5H3,(H,21,22)(H,23,25);1H. The second-order valence-corrected chi connectivity index (χ2v) is 9.22. The SMILES string of the molecule is CCC(C)NC(=O)c1cccc(CNC(=NC)N2CCSC(C)(C)C2)c1.I. The van der Waals surface area contributed by atoms with E-state index in [2.05, 4.69) is 41.3 Å². The van der Waals surface area contributed by atoms with Crippen LogP contribution in [0.15, 0.2) is 29.3 Å². The molecule has 0 spiro atoms. The molecule has 1 aromatic carbocycles. The van der Waals surface area contributed by atoms with Crippen molar-refractivity contribution < 1.29 is 4.79 Å². The molecular formula is C20H33IN4OS. The van der Waals surface area contributed by atoms with Crippen LogP contribution in [0.25, 0.3) is 0 Å². The molecule has 0 aromatic heterocycles. The first kappa shape index (κ1) is 24.1. The van der Waals surface area contributed by atoms with Crippen LogP contribution < -0.4 is 10.6 Å². The summed E-state index contributed by atoms with van der Waals surface area (Å²) < 4.78 is 0.240. The molecule has 0 radical (unpaired) electrons. The first-order valence-corrected chi connectivity index (χ1v) is 10.3. The van der Waals surface area contributed by atoms with E-state index in [0.29, 0.717) is 12.1 Å². The van der Waals surface area contributed by atoms with Crippen LogP contribution in [0.1, 0.15) is 50.0 Å². The van der Waals surface area contributed by atoms with E-state index in [-0.39, 0.29) is 40.7 Å². The smallest absolute Gasteiger partial charge is 0.251 e. The molecule has 5 nitrogen and oxygen atoms in total. The Bertz CT molecular complexity index is 651. The maximum atomic E-state index is 12.3. The quantitative estimate of drug-likeness (QED) is 0.365. The monoisotopic (exact) mass is 504 g/mol. The lowest BCUT2D eigenvalue weighted by molar-refractivity contribution is 0.0939. The molecule has 1 aliphatic heterocycles. The van der Waals surface area contributed by atoms with E-state index in [9.17, 15) is 4.79 Å². The average molecular weight is 504 g/mol. The van der Waals surface area contributed by atoms with E-state index in [4.69, 9.17) is 0 Å². The Morgan fingerprint density at radius 2 is 2.15 bits per heavy atom. The van der Waals surface area contributed by atoms with Gasteiger partial charge in [0.15, 0.2) is 5.96 Å². The zero-order valence-electron chi connectivity index (χ0n) is 17.0. The first-order chi connectivity index (χ1) is 12.3. The molecule has 1 fully saturated rings. The fourth-order valence-corrected chi connectivity index (χ4v) is 4.05. The van der Waals surface area contributed by atoms with Crippen molar-refractivity contribution in [3.8, 4) is 0 Å². The third-order valence-corrected chi connectivity index (χ3v) is 5.86. The highest BCUT2D eigenvalue weighted by Gasteiger charge is 2.28. The maximum Gasteiger partial charge on any atom is 0.251 e. The molecule has 7 heteroatoms. The van der Waals surface area contributed by atoms with Crippen molar-refractivity contribution in [2.24, 2.45) is 4.99 Å². The maximum absolute atomic E-state index is 12.3. The van der Waals surface area contributed by atoms with Gasteiger partial charge in [0.1, 0.15) is 0 Å². The van der Waals surface area contributed by atoms with Gasteiger partial charge in [0, 0.05) is 48.8 Å². The number of benzene rings is 1. The lowest BCUT2D eigenvalue weighted by Gasteiger charge is -2.39. The molecule has 1 unspecified atom stereocenters. The summed E-state index contributed by atoms with van der Waals surface area (Å²) in [5.74, 6) is 2.02. The number of thioether (sulfide) groups is 1. The Labute approximate surface area is 185 Å².